The molecule has 1 aromatic carbocycles. The van der Waals surface area contributed by atoms with Crippen LogP contribution < -0.4 is 10.6 Å². The number of carbonyl (C=O) groups is 2. The van der Waals surface area contributed by atoms with E-state index in [9.17, 15) is 24.1 Å². The van der Waals surface area contributed by atoms with Gasteiger partial charge in [0.15, 0.2) is 5.82 Å². The SMILES string of the molecule is CC(=O)Nc1cc(F)c([N+](=O)[O-])cc1C(=O)Nc1cccc(-c2nncn2C(C)C)n1. The van der Waals surface area contributed by atoms with E-state index < -0.39 is 28.2 Å². The molecule has 0 spiro atoms. The quantitative estimate of drug-likeness (QED) is 0.454. The summed E-state index contributed by atoms with van der Waals surface area (Å²) in [5, 5.41) is 23.8. The maximum Gasteiger partial charge on any atom is 0.305 e. The average molecular weight is 427 g/mol. The minimum atomic E-state index is -1.18. The highest BCUT2D eigenvalue weighted by atomic mass is 19.1. The van der Waals surface area contributed by atoms with Crippen molar-refractivity contribution in [2.45, 2.75) is 26.8 Å². The smallest absolute Gasteiger partial charge is 0.305 e. The molecule has 2 aromatic heterocycles. The summed E-state index contributed by atoms with van der Waals surface area (Å²) in [4.78, 5) is 38.7. The van der Waals surface area contributed by atoms with Crippen LogP contribution in [0.25, 0.3) is 11.5 Å². The van der Waals surface area contributed by atoms with Gasteiger partial charge < -0.3 is 15.2 Å². The van der Waals surface area contributed by atoms with Crippen LogP contribution in [0.5, 0.6) is 0 Å². The van der Waals surface area contributed by atoms with Gasteiger partial charge in [-0.3, -0.25) is 19.7 Å². The third kappa shape index (κ3) is 4.69. The van der Waals surface area contributed by atoms with Crippen LogP contribution in [0.1, 0.15) is 37.2 Å². The normalized spacial score (nSPS) is 10.7. The largest absolute Gasteiger partial charge is 0.325 e. The lowest BCUT2D eigenvalue weighted by Crippen LogP contribution is -2.18. The van der Waals surface area contributed by atoms with Crippen LogP contribution in [-0.4, -0.2) is 36.5 Å². The molecule has 0 aliphatic heterocycles. The number of nitro benzene ring substituents is 1. The van der Waals surface area contributed by atoms with Gasteiger partial charge in [0.25, 0.3) is 5.91 Å². The molecule has 0 fully saturated rings. The second kappa shape index (κ2) is 8.65. The van der Waals surface area contributed by atoms with E-state index in [1.54, 1.807) is 23.0 Å². The fraction of sp³-hybridized carbons (Fsp3) is 0.211. The van der Waals surface area contributed by atoms with Crippen molar-refractivity contribution in [1.82, 2.24) is 19.7 Å². The molecule has 0 saturated carbocycles. The molecular formula is C19H18FN7O4. The Labute approximate surface area is 175 Å². The predicted molar refractivity (Wildman–Crippen MR) is 109 cm³/mol. The second-order valence-electron chi connectivity index (χ2n) is 6.81. The maximum absolute atomic E-state index is 14.0. The number of pyridine rings is 1. The summed E-state index contributed by atoms with van der Waals surface area (Å²) in [5.41, 5.74) is -0.952. The number of amides is 2. The molecule has 3 rings (SSSR count). The molecular weight excluding hydrogens is 409 g/mol. The number of hydrogen-bond donors (Lipinski definition) is 2. The number of hydrogen-bond acceptors (Lipinski definition) is 7. The van der Waals surface area contributed by atoms with Crippen molar-refractivity contribution < 1.29 is 18.9 Å². The Hall–Kier alpha value is -4.22. The van der Waals surface area contributed by atoms with Gasteiger partial charge in [-0.15, -0.1) is 10.2 Å². The van der Waals surface area contributed by atoms with Crippen LogP contribution >= 0.6 is 0 Å². The maximum atomic E-state index is 14.0. The predicted octanol–water partition coefficient (Wildman–Crippen LogP) is 3.18. The Kier molecular flexibility index (Phi) is 6.00. The Morgan fingerprint density at radius 2 is 1.97 bits per heavy atom. The van der Waals surface area contributed by atoms with Crippen molar-refractivity contribution >= 4 is 29.0 Å². The van der Waals surface area contributed by atoms with Gasteiger partial charge in [-0.25, -0.2) is 4.98 Å². The van der Waals surface area contributed by atoms with Gasteiger partial charge >= 0.3 is 5.69 Å². The Bertz CT molecular complexity index is 1180. The molecule has 0 atom stereocenters. The summed E-state index contributed by atoms with van der Waals surface area (Å²) in [6.07, 6.45) is 1.56. The van der Waals surface area contributed by atoms with E-state index in [1.165, 1.54) is 6.07 Å². The van der Waals surface area contributed by atoms with Gasteiger partial charge in [0.1, 0.15) is 17.8 Å². The highest BCUT2D eigenvalue weighted by molar-refractivity contribution is 6.10. The molecule has 0 saturated heterocycles. The minimum absolute atomic E-state index is 0.0741. The average Bonchev–Trinajstić information content (AvgIpc) is 3.17. The summed E-state index contributed by atoms with van der Waals surface area (Å²) in [7, 11) is 0. The molecule has 0 aliphatic carbocycles. The standard InChI is InChI=1S/C19H18FN7O4/c1-10(2)26-9-21-25-18(26)14-5-4-6-17(23-14)24-19(29)12-7-16(27(30)31)13(20)8-15(12)22-11(3)28/h4-10H,1-3H3,(H,22,28)(H,23,24,29). The van der Waals surface area contributed by atoms with Crippen molar-refractivity contribution in [3.05, 3.63) is 58.2 Å². The molecule has 0 unspecified atom stereocenters. The summed E-state index contributed by atoms with van der Waals surface area (Å²) < 4.78 is 15.8. The zero-order chi connectivity index (χ0) is 22.7. The zero-order valence-corrected chi connectivity index (χ0v) is 16.8. The Balaban J connectivity index is 1.96. The van der Waals surface area contributed by atoms with Crippen molar-refractivity contribution in [1.29, 1.82) is 0 Å². The molecule has 0 aliphatic rings. The summed E-state index contributed by atoms with van der Waals surface area (Å²) in [6, 6.07) is 6.39. The summed E-state index contributed by atoms with van der Waals surface area (Å²) in [5.74, 6) is -1.96. The highest BCUT2D eigenvalue weighted by Gasteiger charge is 2.23. The molecule has 3 aromatic rings. The van der Waals surface area contributed by atoms with Crippen molar-refractivity contribution in [2.24, 2.45) is 0 Å². The molecule has 2 heterocycles. The monoisotopic (exact) mass is 427 g/mol. The first-order chi connectivity index (χ1) is 14.7. The third-order valence-corrected chi connectivity index (χ3v) is 4.19. The van der Waals surface area contributed by atoms with E-state index in [-0.39, 0.29) is 23.1 Å². The van der Waals surface area contributed by atoms with E-state index in [0.29, 0.717) is 11.5 Å². The number of aromatic nitrogens is 4. The van der Waals surface area contributed by atoms with Gasteiger partial charge in [0, 0.05) is 25.1 Å². The number of nitrogens with one attached hydrogen (secondary N) is 2. The Morgan fingerprint density at radius 1 is 1.23 bits per heavy atom. The van der Waals surface area contributed by atoms with E-state index >= 15 is 0 Å². The van der Waals surface area contributed by atoms with Crippen LogP contribution in [0.15, 0.2) is 36.7 Å². The summed E-state index contributed by atoms with van der Waals surface area (Å²) in [6.45, 7) is 5.06. The second-order valence-corrected chi connectivity index (χ2v) is 6.81. The first-order valence-electron chi connectivity index (χ1n) is 9.11. The zero-order valence-electron chi connectivity index (χ0n) is 16.8. The van der Waals surface area contributed by atoms with Gasteiger partial charge in [0.05, 0.1) is 16.2 Å². The lowest BCUT2D eigenvalue weighted by Gasteiger charge is -2.12. The first kappa shape index (κ1) is 21.5. The number of anilines is 2. The lowest BCUT2D eigenvalue weighted by atomic mass is 10.1. The van der Waals surface area contributed by atoms with Gasteiger partial charge in [-0.05, 0) is 26.0 Å². The van der Waals surface area contributed by atoms with Crippen LogP contribution in [-0.2, 0) is 4.79 Å². The fourth-order valence-electron chi connectivity index (χ4n) is 2.80. The molecule has 11 nitrogen and oxygen atoms in total. The van der Waals surface area contributed by atoms with E-state index in [4.69, 9.17) is 0 Å². The van der Waals surface area contributed by atoms with E-state index in [2.05, 4.69) is 25.8 Å². The number of nitro groups is 1. The number of benzene rings is 1. The van der Waals surface area contributed by atoms with Crippen LogP contribution in [0.2, 0.25) is 0 Å². The first-order valence-corrected chi connectivity index (χ1v) is 9.11. The number of halogens is 1. The molecule has 31 heavy (non-hydrogen) atoms. The van der Waals surface area contributed by atoms with Gasteiger partial charge in [-0.2, -0.15) is 4.39 Å². The molecule has 2 amide bonds. The van der Waals surface area contributed by atoms with E-state index in [0.717, 1.165) is 19.1 Å². The number of rotatable bonds is 6. The topological polar surface area (TPSA) is 145 Å². The van der Waals surface area contributed by atoms with Crippen LogP contribution in [0.3, 0.4) is 0 Å². The van der Waals surface area contributed by atoms with Gasteiger partial charge in [0.2, 0.25) is 11.7 Å². The molecule has 160 valence electrons. The van der Waals surface area contributed by atoms with Crippen LogP contribution in [0.4, 0.5) is 21.6 Å². The lowest BCUT2D eigenvalue weighted by molar-refractivity contribution is -0.387. The Morgan fingerprint density at radius 3 is 2.61 bits per heavy atom. The van der Waals surface area contributed by atoms with Crippen LogP contribution in [0, 0.1) is 15.9 Å². The van der Waals surface area contributed by atoms with Gasteiger partial charge in [-0.1, -0.05) is 6.07 Å². The molecule has 0 radical (unpaired) electrons. The fourth-order valence-corrected chi connectivity index (χ4v) is 2.80. The number of carbonyl (C=O) groups excluding carboxylic acids is 2. The molecule has 2 N–H and O–H groups in total. The van der Waals surface area contributed by atoms with E-state index in [1.807, 2.05) is 13.8 Å². The molecule has 0 bridgehead atoms. The number of nitrogens with zero attached hydrogens (tertiary/aromatic N) is 5. The van der Waals surface area contributed by atoms with Crippen molar-refractivity contribution in [3.8, 4) is 11.5 Å². The third-order valence-electron chi connectivity index (χ3n) is 4.19. The summed E-state index contributed by atoms with van der Waals surface area (Å²) >= 11 is 0. The highest BCUT2D eigenvalue weighted by Crippen LogP contribution is 2.27. The molecule has 12 heteroatoms. The van der Waals surface area contributed by atoms with Crippen molar-refractivity contribution in [2.75, 3.05) is 10.6 Å². The van der Waals surface area contributed by atoms with Crippen molar-refractivity contribution in [3.63, 3.8) is 0 Å². The minimum Gasteiger partial charge on any atom is -0.325 e.